The lowest BCUT2D eigenvalue weighted by Crippen LogP contribution is -2.22. The molecule has 0 aliphatic heterocycles. The maximum absolute atomic E-state index is 11.7. The SMILES string of the molecule is CC(C)C(=O)CCOCCOCCOCCOCCC(=O)C(C)(C)C. The first-order chi connectivity index (χ1) is 11.7. The van der Waals surface area contributed by atoms with Gasteiger partial charge >= 0.3 is 0 Å². The van der Waals surface area contributed by atoms with Crippen molar-refractivity contribution < 1.29 is 28.5 Å². The molecule has 0 bridgehead atoms. The average molecular weight is 360 g/mol. The molecule has 6 heteroatoms. The van der Waals surface area contributed by atoms with E-state index in [2.05, 4.69) is 0 Å². The molecular formula is C19H36O6. The number of hydrogen-bond donors (Lipinski definition) is 0. The zero-order chi connectivity index (χ0) is 19.1. The van der Waals surface area contributed by atoms with Crippen molar-refractivity contribution in [2.75, 3.05) is 52.9 Å². The van der Waals surface area contributed by atoms with E-state index in [4.69, 9.17) is 18.9 Å². The molecule has 0 unspecified atom stereocenters. The van der Waals surface area contributed by atoms with E-state index in [0.717, 1.165) is 0 Å². The van der Waals surface area contributed by atoms with Crippen molar-refractivity contribution in [3.8, 4) is 0 Å². The highest BCUT2D eigenvalue weighted by Gasteiger charge is 2.20. The Balaban J connectivity index is 3.22. The molecule has 0 radical (unpaired) electrons. The maximum Gasteiger partial charge on any atom is 0.140 e. The number of rotatable bonds is 16. The molecule has 0 heterocycles. The van der Waals surface area contributed by atoms with Gasteiger partial charge in [0.15, 0.2) is 0 Å². The Labute approximate surface area is 152 Å². The Morgan fingerprint density at radius 1 is 0.680 bits per heavy atom. The van der Waals surface area contributed by atoms with E-state index in [1.807, 2.05) is 34.6 Å². The van der Waals surface area contributed by atoms with Crippen LogP contribution in [0.4, 0.5) is 0 Å². The Hall–Kier alpha value is -0.820. The van der Waals surface area contributed by atoms with Crippen LogP contribution in [0.5, 0.6) is 0 Å². The second-order valence-electron chi connectivity index (χ2n) is 7.24. The minimum atomic E-state index is -0.301. The summed E-state index contributed by atoms with van der Waals surface area (Å²) < 4.78 is 21.4. The van der Waals surface area contributed by atoms with Crippen LogP contribution >= 0.6 is 0 Å². The van der Waals surface area contributed by atoms with Crippen molar-refractivity contribution >= 4 is 11.6 Å². The zero-order valence-electron chi connectivity index (χ0n) is 16.6. The molecule has 0 saturated heterocycles. The molecule has 0 saturated carbocycles. The highest BCUT2D eigenvalue weighted by Crippen LogP contribution is 2.16. The molecule has 0 N–H and O–H groups in total. The predicted octanol–water partition coefficient (Wildman–Crippen LogP) is 2.67. The summed E-state index contributed by atoms with van der Waals surface area (Å²) in [7, 11) is 0. The molecule has 0 aromatic rings. The van der Waals surface area contributed by atoms with Crippen LogP contribution in [0.2, 0.25) is 0 Å². The quantitative estimate of drug-likeness (QED) is 0.394. The number of carbonyl (C=O) groups is 2. The van der Waals surface area contributed by atoms with Crippen molar-refractivity contribution in [1.29, 1.82) is 0 Å². The third kappa shape index (κ3) is 15.2. The Kier molecular flexibility index (Phi) is 13.9. The molecule has 0 rings (SSSR count). The molecule has 0 aromatic heterocycles. The van der Waals surface area contributed by atoms with Crippen molar-refractivity contribution in [3.63, 3.8) is 0 Å². The molecule has 0 fully saturated rings. The van der Waals surface area contributed by atoms with Crippen LogP contribution in [0.25, 0.3) is 0 Å². The lowest BCUT2D eigenvalue weighted by molar-refractivity contribution is -0.127. The summed E-state index contributed by atoms with van der Waals surface area (Å²) in [6.45, 7) is 13.3. The minimum absolute atomic E-state index is 0.0694. The van der Waals surface area contributed by atoms with Gasteiger partial charge in [0.25, 0.3) is 0 Å². The van der Waals surface area contributed by atoms with Crippen LogP contribution in [0, 0.1) is 11.3 Å². The van der Waals surface area contributed by atoms with Gasteiger partial charge in [-0.25, -0.2) is 0 Å². The number of hydrogen-bond acceptors (Lipinski definition) is 6. The normalized spacial score (nSPS) is 11.9. The summed E-state index contributed by atoms with van der Waals surface area (Å²) in [6.07, 6.45) is 0.900. The molecule has 0 aliphatic rings. The van der Waals surface area contributed by atoms with E-state index in [9.17, 15) is 9.59 Å². The van der Waals surface area contributed by atoms with E-state index >= 15 is 0 Å². The smallest absolute Gasteiger partial charge is 0.140 e. The molecule has 0 amide bonds. The van der Waals surface area contributed by atoms with Crippen molar-refractivity contribution in [2.45, 2.75) is 47.5 Å². The highest BCUT2D eigenvalue weighted by molar-refractivity contribution is 5.83. The van der Waals surface area contributed by atoms with Gasteiger partial charge in [-0.05, 0) is 0 Å². The standard InChI is InChI=1S/C19H36O6/c1-16(2)17(20)6-8-22-10-12-24-14-15-25-13-11-23-9-7-18(21)19(3,4)5/h16H,6-15H2,1-5H3. The van der Waals surface area contributed by atoms with Crippen LogP contribution in [0.3, 0.4) is 0 Å². The fourth-order valence-corrected chi connectivity index (χ4v) is 1.76. The van der Waals surface area contributed by atoms with E-state index in [1.165, 1.54) is 0 Å². The summed E-state index contributed by atoms with van der Waals surface area (Å²) in [5.41, 5.74) is -0.301. The topological polar surface area (TPSA) is 71.1 Å². The van der Waals surface area contributed by atoms with Crippen LogP contribution < -0.4 is 0 Å². The fraction of sp³-hybridized carbons (Fsp3) is 0.895. The van der Waals surface area contributed by atoms with Crippen LogP contribution in [0.15, 0.2) is 0 Å². The number of Topliss-reactive ketones (excluding diaryl/α,β-unsaturated/α-hetero) is 2. The summed E-state index contributed by atoms with van der Waals surface area (Å²) in [5.74, 6) is 0.497. The minimum Gasteiger partial charge on any atom is -0.379 e. The third-order valence-electron chi connectivity index (χ3n) is 3.56. The lowest BCUT2D eigenvalue weighted by atomic mass is 9.89. The van der Waals surface area contributed by atoms with E-state index < -0.39 is 0 Å². The molecule has 0 aromatic carbocycles. The molecule has 0 aliphatic carbocycles. The highest BCUT2D eigenvalue weighted by atomic mass is 16.6. The van der Waals surface area contributed by atoms with E-state index in [0.29, 0.717) is 65.7 Å². The molecule has 148 valence electrons. The maximum atomic E-state index is 11.7. The van der Waals surface area contributed by atoms with Gasteiger partial charge in [-0.15, -0.1) is 0 Å². The summed E-state index contributed by atoms with van der Waals surface area (Å²) >= 11 is 0. The monoisotopic (exact) mass is 360 g/mol. The van der Waals surface area contributed by atoms with Gasteiger partial charge in [-0.2, -0.15) is 0 Å². The number of carbonyl (C=O) groups excluding carboxylic acids is 2. The Morgan fingerprint density at radius 2 is 1.04 bits per heavy atom. The summed E-state index contributed by atoms with van der Waals surface area (Å²) in [4.78, 5) is 23.0. The van der Waals surface area contributed by atoms with Gasteiger partial charge in [0.05, 0.1) is 52.9 Å². The number of ketones is 2. The van der Waals surface area contributed by atoms with E-state index in [-0.39, 0.29) is 22.9 Å². The second kappa shape index (κ2) is 14.4. The summed E-state index contributed by atoms with van der Waals surface area (Å²) in [6, 6.07) is 0. The Morgan fingerprint density at radius 3 is 1.40 bits per heavy atom. The Bertz CT molecular complexity index is 359. The molecule has 0 atom stereocenters. The van der Waals surface area contributed by atoms with Gasteiger partial charge in [-0.3, -0.25) is 9.59 Å². The van der Waals surface area contributed by atoms with Crippen LogP contribution in [-0.2, 0) is 28.5 Å². The number of ether oxygens (including phenoxy) is 4. The van der Waals surface area contributed by atoms with Crippen LogP contribution in [-0.4, -0.2) is 64.4 Å². The third-order valence-corrected chi connectivity index (χ3v) is 3.56. The first kappa shape index (κ1) is 24.2. The van der Waals surface area contributed by atoms with Gasteiger partial charge in [0, 0.05) is 24.2 Å². The molecular weight excluding hydrogens is 324 g/mol. The summed E-state index contributed by atoms with van der Waals surface area (Å²) in [5, 5.41) is 0. The lowest BCUT2D eigenvalue weighted by Gasteiger charge is -2.16. The van der Waals surface area contributed by atoms with Gasteiger partial charge in [0.2, 0.25) is 0 Å². The largest absolute Gasteiger partial charge is 0.379 e. The van der Waals surface area contributed by atoms with Gasteiger partial charge in [0.1, 0.15) is 11.6 Å². The second-order valence-corrected chi connectivity index (χ2v) is 7.24. The zero-order valence-corrected chi connectivity index (χ0v) is 16.6. The van der Waals surface area contributed by atoms with Crippen molar-refractivity contribution in [2.24, 2.45) is 11.3 Å². The van der Waals surface area contributed by atoms with Crippen molar-refractivity contribution in [3.05, 3.63) is 0 Å². The molecule has 25 heavy (non-hydrogen) atoms. The molecule has 0 spiro atoms. The van der Waals surface area contributed by atoms with Gasteiger partial charge < -0.3 is 18.9 Å². The predicted molar refractivity (Wildman–Crippen MR) is 96.8 cm³/mol. The first-order valence-corrected chi connectivity index (χ1v) is 9.12. The van der Waals surface area contributed by atoms with Gasteiger partial charge in [-0.1, -0.05) is 34.6 Å². The fourth-order valence-electron chi connectivity index (χ4n) is 1.76. The molecule has 6 nitrogen and oxygen atoms in total. The first-order valence-electron chi connectivity index (χ1n) is 9.12. The average Bonchev–Trinajstić information content (AvgIpc) is 2.53. The van der Waals surface area contributed by atoms with Crippen molar-refractivity contribution in [1.82, 2.24) is 0 Å². The van der Waals surface area contributed by atoms with Crippen LogP contribution in [0.1, 0.15) is 47.5 Å². The van der Waals surface area contributed by atoms with E-state index in [1.54, 1.807) is 0 Å².